The zero-order chi connectivity index (χ0) is 15.4. The van der Waals surface area contributed by atoms with Crippen molar-refractivity contribution in [3.05, 3.63) is 35.4 Å². The van der Waals surface area contributed by atoms with Crippen LogP contribution in [0.4, 0.5) is 0 Å². The first-order valence-corrected chi connectivity index (χ1v) is 7.69. The van der Waals surface area contributed by atoms with Crippen molar-refractivity contribution in [2.75, 3.05) is 0 Å². The number of hydrogen-bond acceptors (Lipinski definition) is 3. The average molecular weight is 288 g/mol. The van der Waals surface area contributed by atoms with Crippen LogP contribution < -0.4 is 0 Å². The van der Waals surface area contributed by atoms with E-state index in [0.29, 0.717) is 18.2 Å². The van der Waals surface area contributed by atoms with Crippen LogP contribution in [0, 0.1) is 0 Å². The lowest BCUT2D eigenvalue weighted by Gasteiger charge is -2.12. The molecule has 0 radical (unpaired) electrons. The first-order valence-electron chi connectivity index (χ1n) is 7.69. The molecule has 114 valence electrons. The van der Waals surface area contributed by atoms with E-state index < -0.39 is 0 Å². The van der Waals surface area contributed by atoms with Crippen LogP contribution in [0.15, 0.2) is 18.3 Å². The van der Waals surface area contributed by atoms with E-state index in [-0.39, 0.29) is 5.78 Å². The third kappa shape index (κ3) is 3.40. The lowest BCUT2D eigenvalue weighted by molar-refractivity contribution is 0.0982. The molecule has 5 heteroatoms. The Kier molecular flexibility index (Phi) is 4.94. The van der Waals surface area contributed by atoms with Crippen LogP contribution in [-0.2, 0) is 19.9 Å². The Labute approximate surface area is 126 Å². The highest BCUT2D eigenvalue weighted by Gasteiger charge is 2.15. The Bertz CT molecular complexity index is 608. The monoisotopic (exact) mass is 288 g/mol. The number of aryl methyl sites for hydroxylation is 2. The number of aromatic nitrogens is 4. The third-order valence-electron chi connectivity index (χ3n) is 3.90. The van der Waals surface area contributed by atoms with Crippen molar-refractivity contribution in [1.29, 1.82) is 0 Å². The quantitative estimate of drug-likeness (QED) is 0.736. The lowest BCUT2D eigenvalue weighted by atomic mass is 10.1. The minimum atomic E-state index is 0.0690. The van der Waals surface area contributed by atoms with Gasteiger partial charge in [0.15, 0.2) is 5.78 Å². The molecule has 0 aliphatic carbocycles. The topological polar surface area (TPSA) is 52.7 Å². The van der Waals surface area contributed by atoms with Crippen LogP contribution >= 0.6 is 0 Å². The number of carbonyl (C=O) groups is 1. The van der Waals surface area contributed by atoms with Gasteiger partial charge in [0.1, 0.15) is 5.69 Å². The van der Waals surface area contributed by atoms with Gasteiger partial charge in [-0.2, -0.15) is 10.2 Å². The summed E-state index contributed by atoms with van der Waals surface area (Å²) >= 11 is 0. The molecule has 0 fully saturated rings. The Morgan fingerprint density at radius 2 is 1.90 bits per heavy atom. The summed E-state index contributed by atoms with van der Waals surface area (Å²) in [5.41, 5.74) is 2.43. The number of rotatable bonds is 7. The van der Waals surface area contributed by atoms with Crippen molar-refractivity contribution in [1.82, 2.24) is 19.6 Å². The van der Waals surface area contributed by atoms with E-state index in [1.807, 2.05) is 37.0 Å². The summed E-state index contributed by atoms with van der Waals surface area (Å²) in [6.07, 6.45) is 5.24. The largest absolute Gasteiger partial charge is 0.292 e. The summed E-state index contributed by atoms with van der Waals surface area (Å²) in [6, 6.07) is 4.23. The van der Waals surface area contributed by atoms with Gasteiger partial charge in [-0.05, 0) is 31.4 Å². The Hall–Kier alpha value is -1.91. The maximum Gasteiger partial charge on any atom is 0.186 e. The molecule has 0 aliphatic rings. The van der Waals surface area contributed by atoms with E-state index >= 15 is 0 Å². The van der Waals surface area contributed by atoms with Gasteiger partial charge in [0.2, 0.25) is 0 Å². The molecular weight excluding hydrogens is 264 g/mol. The van der Waals surface area contributed by atoms with Gasteiger partial charge in [0.05, 0.1) is 23.9 Å². The predicted octanol–water partition coefficient (Wildman–Crippen LogP) is 2.97. The summed E-state index contributed by atoms with van der Waals surface area (Å²) in [7, 11) is 1.81. The maximum atomic E-state index is 12.4. The summed E-state index contributed by atoms with van der Waals surface area (Å²) in [5, 5.41) is 8.86. The molecule has 2 rings (SSSR count). The van der Waals surface area contributed by atoms with Crippen molar-refractivity contribution in [2.24, 2.45) is 7.05 Å². The van der Waals surface area contributed by atoms with Gasteiger partial charge in [0, 0.05) is 13.2 Å². The minimum Gasteiger partial charge on any atom is -0.292 e. The van der Waals surface area contributed by atoms with E-state index in [2.05, 4.69) is 24.0 Å². The van der Waals surface area contributed by atoms with Crippen molar-refractivity contribution >= 4 is 5.78 Å². The molecule has 0 spiro atoms. The fourth-order valence-electron chi connectivity index (χ4n) is 2.55. The Morgan fingerprint density at radius 3 is 2.48 bits per heavy atom. The zero-order valence-electron chi connectivity index (χ0n) is 13.3. The molecule has 2 heterocycles. The van der Waals surface area contributed by atoms with E-state index in [1.54, 1.807) is 4.68 Å². The Balaban J connectivity index is 2.10. The van der Waals surface area contributed by atoms with Gasteiger partial charge < -0.3 is 0 Å². The highest BCUT2D eigenvalue weighted by atomic mass is 16.1. The highest BCUT2D eigenvalue weighted by molar-refractivity contribution is 5.95. The molecule has 0 unspecified atom stereocenters. The number of carbonyl (C=O) groups excluding carboxylic acids is 1. The molecule has 5 nitrogen and oxygen atoms in total. The highest BCUT2D eigenvalue weighted by Crippen LogP contribution is 2.15. The smallest absolute Gasteiger partial charge is 0.186 e. The second kappa shape index (κ2) is 6.70. The lowest BCUT2D eigenvalue weighted by Crippen LogP contribution is -2.11. The maximum absolute atomic E-state index is 12.4. The van der Waals surface area contributed by atoms with Crippen molar-refractivity contribution in [3.63, 3.8) is 0 Å². The molecule has 2 aromatic rings. The van der Waals surface area contributed by atoms with Crippen LogP contribution in [0.5, 0.6) is 0 Å². The SMILES string of the molecule is CCc1cc(C(=O)Cc2ccn(C(CC)CC)n2)n(C)n1. The summed E-state index contributed by atoms with van der Waals surface area (Å²) in [4.78, 5) is 12.4. The molecule has 21 heavy (non-hydrogen) atoms. The second-order valence-electron chi connectivity index (χ2n) is 5.36. The average Bonchev–Trinajstić information content (AvgIpc) is 3.07. The van der Waals surface area contributed by atoms with Crippen molar-refractivity contribution in [3.8, 4) is 0 Å². The van der Waals surface area contributed by atoms with Gasteiger partial charge in [-0.1, -0.05) is 20.8 Å². The summed E-state index contributed by atoms with van der Waals surface area (Å²) < 4.78 is 3.64. The number of hydrogen-bond donors (Lipinski definition) is 0. The number of ketones is 1. The summed E-state index contributed by atoms with van der Waals surface area (Å²) in [5.74, 6) is 0.0690. The van der Waals surface area contributed by atoms with E-state index in [4.69, 9.17) is 0 Å². The Morgan fingerprint density at radius 1 is 1.19 bits per heavy atom. The van der Waals surface area contributed by atoms with E-state index in [1.165, 1.54) is 0 Å². The molecule has 0 saturated heterocycles. The predicted molar refractivity (Wildman–Crippen MR) is 82.5 cm³/mol. The standard InChI is InChI=1S/C16H24N4O/c1-5-12-10-15(19(4)17-12)16(21)11-13-8-9-20(18-13)14(6-2)7-3/h8-10,14H,5-7,11H2,1-4H3. The van der Waals surface area contributed by atoms with Gasteiger partial charge >= 0.3 is 0 Å². The van der Waals surface area contributed by atoms with Crippen molar-refractivity contribution in [2.45, 2.75) is 52.5 Å². The molecule has 0 bridgehead atoms. The summed E-state index contributed by atoms with van der Waals surface area (Å²) in [6.45, 7) is 6.35. The third-order valence-corrected chi connectivity index (χ3v) is 3.90. The van der Waals surface area contributed by atoms with E-state index in [0.717, 1.165) is 30.7 Å². The minimum absolute atomic E-state index is 0.0690. The number of nitrogens with zero attached hydrogens (tertiary/aromatic N) is 4. The molecule has 2 aromatic heterocycles. The van der Waals surface area contributed by atoms with Crippen LogP contribution in [-0.4, -0.2) is 25.3 Å². The van der Waals surface area contributed by atoms with Gasteiger partial charge in [0.25, 0.3) is 0 Å². The van der Waals surface area contributed by atoms with Crippen molar-refractivity contribution < 1.29 is 4.79 Å². The molecular formula is C16H24N4O. The molecule has 0 N–H and O–H groups in total. The fourth-order valence-corrected chi connectivity index (χ4v) is 2.55. The second-order valence-corrected chi connectivity index (χ2v) is 5.36. The van der Waals surface area contributed by atoms with Crippen LogP contribution in [0.2, 0.25) is 0 Å². The molecule has 0 amide bonds. The van der Waals surface area contributed by atoms with Crippen LogP contribution in [0.3, 0.4) is 0 Å². The van der Waals surface area contributed by atoms with Crippen LogP contribution in [0.1, 0.15) is 61.5 Å². The first-order chi connectivity index (χ1) is 10.1. The molecule has 0 aliphatic heterocycles. The van der Waals surface area contributed by atoms with Gasteiger partial charge in [-0.15, -0.1) is 0 Å². The normalized spacial score (nSPS) is 11.3. The zero-order valence-corrected chi connectivity index (χ0v) is 13.3. The molecule has 0 aromatic carbocycles. The molecule has 0 atom stereocenters. The van der Waals surface area contributed by atoms with Gasteiger partial charge in [-0.3, -0.25) is 14.2 Å². The molecule has 0 saturated carbocycles. The fraction of sp³-hybridized carbons (Fsp3) is 0.562. The number of Topliss-reactive ketones (excluding diaryl/α,β-unsaturated/α-hetero) is 1. The van der Waals surface area contributed by atoms with Gasteiger partial charge in [-0.25, -0.2) is 0 Å². The van der Waals surface area contributed by atoms with Crippen LogP contribution in [0.25, 0.3) is 0 Å². The first kappa shape index (κ1) is 15.5. The van der Waals surface area contributed by atoms with E-state index in [9.17, 15) is 4.79 Å².